The van der Waals surface area contributed by atoms with Crippen LogP contribution in [0.3, 0.4) is 0 Å². The number of amides is 1. The number of rotatable bonds is 6. The van der Waals surface area contributed by atoms with E-state index in [4.69, 9.17) is 11.6 Å². The highest BCUT2D eigenvalue weighted by Gasteiger charge is 2.15. The van der Waals surface area contributed by atoms with E-state index in [1.165, 1.54) is 17.8 Å². The fraction of sp³-hybridized carbons (Fsp3) is 0.182. The molecule has 3 rings (SSSR count). The normalized spacial score (nSPS) is 12.3. The van der Waals surface area contributed by atoms with Crippen LogP contribution < -0.4 is 5.43 Å². The first-order chi connectivity index (χ1) is 13.9. The summed E-state index contributed by atoms with van der Waals surface area (Å²) in [5.74, 6) is -0.497. The lowest BCUT2D eigenvalue weighted by atomic mass is 10.2. The van der Waals surface area contributed by atoms with Crippen molar-refractivity contribution in [3.8, 4) is 5.69 Å². The van der Waals surface area contributed by atoms with E-state index in [2.05, 4.69) is 10.5 Å². The molecule has 4 nitrogen and oxygen atoms in total. The number of halogens is 2. The predicted molar refractivity (Wildman–Crippen MR) is 118 cm³/mol. The average molecular weight is 430 g/mol. The number of thioether (sulfide) groups is 1. The Kier molecular flexibility index (Phi) is 6.77. The molecule has 0 aliphatic rings. The Balaban J connectivity index is 1.67. The Morgan fingerprint density at radius 1 is 1.21 bits per heavy atom. The number of benzene rings is 2. The van der Waals surface area contributed by atoms with Gasteiger partial charge in [0, 0.05) is 26.9 Å². The van der Waals surface area contributed by atoms with Crippen molar-refractivity contribution >= 4 is 35.5 Å². The number of hydrazone groups is 1. The van der Waals surface area contributed by atoms with E-state index in [0.29, 0.717) is 10.7 Å². The summed E-state index contributed by atoms with van der Waals surface area (Å²) in [6, 6.07) is 15.9. The Morgan fingerprint density at radius 2 is 1.90 bits per heavy atom. The van der Waals surface area contributed by atoms with Crippen molar-refractivity contribution in [2.45, 2.75) is 30.9 Å². The molecule has 0 saturated heterocycles. The van der Waals surface area contributed by atoms with Crippen molar-refractivity contribution in [1.82, 2.24) is 9.99 Å². The fourth-order valence-corrected chi connectivity index (χ4v) is 3.94. The molecule has 2 aromatic carbocycles. The molecule has 0 saturated carbocycles. The summed E-state index contributed by atoms with van der Waals surface area (Å²) in [6.45, 7) is 5.61. The summed E-state index contributed by atoms with van der Waals surface area (Å²) in [7, 11) is 0. The number of carbonyl (C=O) groups excluding carboxylic acids is 1. The van der Waals surface area contributed by atoms with Gasteiger partial charge in [-0.2, -0.15) is 5.10 Å². The number of aryl methyl sites for hydroxylation is 1. The van der Waals surface area contributed by atoms with Gasteiger partial charge in [-0.15, -0.1) is 11.8 Å². The van der Waals surface area contributed by atoms with Gasteiger partial charge < -0.3 is 4.57 Å². The second-order valence-corrected chi connectivity index (χ2v) is 8.41. The first kappa shape index (κ1) is 21.1. The lowest BCUT2D eigenvalue weighted by molar-refractivity contribution is -0.120. The van der Waals surface area contributed by atoms with Gasteiger partial charge in [-0.1, -0.05) is 23.7 Å². The number of hydrogen-bond acceptors (Lipinski definition) is 3. The third-order valence-electron chi connectivity index (χ3n) is 4.44. The molecule has 0 fully saturated rings. The summed E-state index contributed by atoms with van der Waals surface area (Å²) in [4.78, 5) is 13.3. The quantitative estimate of drug-likeness (QED) is 0.318. The van der Waals surface area contributed by atoms with Gasteiger partial charge in [0.2, 0.25) is 0 Å². The third-order valence-corrected chi connectivity index (χ3v) is 5.80. The largest absolute Gasteiger partial charge is 0.315 e. The minimum Gasteiger partial charge on any atom is -0.315 e. The highest BCUT2D eigenvalue weighted by Crippen LogP contribution is 2.25. The SMILES string of the molecule is Cc1cc(/C=N\NC(=O)[C@@H](C)Sc2ccc(Cl)cc2)c(C)n1-c1ccccc1F. The lowest BCUT2D eigenvalue weighted by Crippen LogP contribution is -2.26. The molecule has 1 heterocycles. The van der Waals surface area contributed by atoms with Gasteiger partial charge in [-0.3, -0.25) is 4.79 Å². The minimum absolute atomic E-state index is 0.205. The molecule has 29 heavy (non-hydrogen) atoms. The molecule has 0 radical (unpaired) electrons. The number of aromatic nitrogens is 1. The zero-order valence-electron chi connectivity index (χ0n) is 16.3. The molecule has 0 bridgehead atoms. The monoisotopic (exact) mass is 429 g/mol. The van der Waals surface area contributed by atoms with Crippen molar-refractivity contribution in [2.75, 3.05) is 0 Å². The molecule has 0 unspecified atom stereocenters. The van der Waals surface area contributed by atoms with Crippen molar-refractivity contribution in [2.24, 2.45) is 5.10 Å². The summed E-state index contributed by atoms with van der Waals surface area (Å²) < 4.78 is 16.0. The van der Waals surface area contributed by atoms with Gasteiger partial charge >= 0.3 is 0 Å². The van der Waals surface area contributed by atoms with Crippen LogP contribution in [0, 0.1) is 19.7 Å². The smallest absolute Gasteiger partial charge is 0.253 e. The van der Waals surface area contributed by atoms with Crippen molar-refractivity contribution in [3.63, 3.8) is 0 Å². The highest BCUT2D eigenvalue weighted by atomic mass is 35.5. The predicted octanol–water partition coefficient (Wildman–Crippen LogP) is 5.52. The Hall–Kier alpha value is -2.57. The van der Waals surface area contributed by atoms with Crippen molar-refractivity contribution in [3.05, 3.63) is 82.4 Å². The zero-order valence-corrected chi connectivity index (χ0v) is 17.9. The maximum Gasteiger partial charge on any atom is 0.253 e. The van der Waals surface area contributed by atoms with Gasteiger partial charge in [-0.25, -0.2) is 9.82 Å². The standard InChI is InChI=1S/C22H21ClFN3OS/c1-14-12-17(15(2)27(14)21-7-5-4-6-20(21)24)13-25-26-22(28)16(3)29-19-10-8-18(23)9-11-19/h4-13,16H,1-3H3,(H,26,28)/b25-13-/t16-/m1/s1. The van der Waals surface area contributed by atoms with E-state index >= 15 is 0 Å². The summed E-state index contributed by atoms with van der Waals surface area (Å²) in [5, 5.41) is 4.42. The second-order valence-electron chi connectivity index (χ2n) is 6.56. The maximum atomic E-state index is 14.2. The number of carbonyl (C=O) groups is 1. The molecule has 0 spiro atoms. The maximum absolute atomic E-state index is 14.2. The van der Waals surface area contributed by atoms with Gasteiger partial charge in [0.25, 0.3) is 5.91 Å². The Morgan fingerprint density at radius 3 is 2.59 bits per heavy atom. The highest BCUT2D eigenvalue weighted by molar-refractivity contribution is 8.00. The summed E-state index contributed by atoms with van der Waals surface area (Å²) in [6.07, 6.45) is 1.58. The molecule has 1 atom stereocenters. The first-order valence-electron chi connectivity index (χ1n) is 9.06. The molecule has 1 amide bonds. The molecule has 0 aliphatic heterocycles. The number of hydrogen-bond donors (Lipinski definition) is 1. The number of para-hydroxylation sites is 1. The van der Waals surface area contributed by atoms with Crippen LogP contribution in [0.25, 0.3) is 5.69 Å². The van der Waals surface area contributed by atoms with E-state index in [9.17, 15) is 9.18 Å². The van der Waals surface area contributed by atoms with E-state index in [1.54, 1.807) is 36.5 Å². The van der Waals surface area contributed by atoms with E-state index in [1.807, 2.05) is 43.5 Å². The van der Waals surface area contributed by atoms with Gasteiger partial charge in [0.15, 0.2) is 0 Å². The van der Waals surface area contributed by atoms with Crippen LogP contribution in [-0.4, -0.2) is 21.9 Å². The third kappa shape index (κ3) is 5.08. The lowest BCUT2D eigenvalue weighted by Gasteiger charge is -2.10. The molecular weight excluding hydrogens is 409 g/mol. The van der Waals surface area contributed by atoms with Crippen molar-refractivity contribution < 1.29 is 9.18 Å². The molecule has 1 aromatic heterocycles. The summed E-state index contributed by atoms with van der Waals surface area (Å²) in [5.41, 5.74) is 5.59. The van der Waals surface area contributed by atoms with Crippen LogP contribution in [0.2, 0.25) is 5.02 Å². The van der Waals surface area contributed by atoms with Gasteiger partial charge in [0.1, 0.15) is 5.82 Å². The molecular formula is C22H21ClFN3OS. The number of nitrogens with one attached hydrogen (secondary N) is 1. The van der Waals surface area contributed by atoms with Gasteiger partial charge in [0.05, 0.1) is 17.2 Å². The van der Waals surface area contributed by atoms with Gasteiger partial charge in [-0.05, 0) is 63.2 Å². The van der Waals surface area contributed by atoms with Crippen LogP contribution >= 0.6 is 23.4 Å². The minimum atomic E-state index is -0.320. The first-order valence-corrected chi connectivity index (χ1v) is 10.3. The van der Waals surface area contributed by atoms with Crippen LogP contribution in [0.1, 0.15) is 23.9 Å². The topological polar surface area (TPSA) is 46.4 Å². The van der Waals surface area contributed by atoms with Crippen LogP contribution in [0.5, 0.6) is 0 Å². The fourth-order valence-electron chi connectivity index (χ4n) is 2.95. The Bertz CT molecular complexity index is 1050. The van der Waals surface area contributed by atoms with Crippen LogP contribution in [0.4, 0.5) is 4.39 Å². The molecule has 7 heteroatoms. The van der Waals surface area contributed by atoms with E-state index in [0.717, 1.165) is 21.8 Å². The summed E-state index contributed by atoms with van der Waals surface area (Å²) >= 11 is 7.31. The molecule has 0 aliphatic carbocycles. The van der Waals surface area contributed by atoms with Crippen LogP contribution in [-0.2, 0) is 4.79 Å². The molecule has 3 aromatic rings. The second kappa shape index (κ2) is 9.29. The van der Waals surface area contributed by atoms with Crippen molar-refractivity contribution in [1.29, 1.82) is 0 Å². The molecule has 150 valence electrons. The van der Waals surface area contributed by atoms with Crippen LogP contribution in [0.15, 0.2) is 64.6 Å². The zero-order chi connectivity index (χ0) is 21.0. The average Bonchev–Trinajstić information content (AvgIpc) is 2.97. The number of nitrogens with zero attached hydrogens (tertiary/aromatic N) is 2. The Labute approximate surface area is 178 Å². The van der Waals surface area contributed by atoms with E-state index < -0.39 is 0 Å². The van der Waals surface area contributed by atoms with E-state index in [-0.39, 0.29) is 17.0 Å². The molecule has 1 N–H and O–H groups in total.